The molecule has 0 aliphatic heterocycles. The molecule has 7 nitrogen and oxygen atoms in total. The normalized spacial score (nSPS) is 10.3. The van der Waals surface area contributed by atoms with Crippen molar-refractivity contribution in [1.29, 1.82) is 0 Å². The fourth-order valence-corrected chi connectivity index (χ4v) is 2.69. The van der Waals surface area contributed by atoms with E-state index in [0.717, 1.165) is 0 Å². The molecule has 0 bridgehead atoms. The second-order valence-electron chi connectivity index (χ2n) is 5.92. The number of Topliss-reactive ketones (excluding diaryl/α,β-unsaturated/α-hetero) is 1. The summed E-state index contributed by atoms with van der Waals surface area (Å²) in [4.78, 5) is 36.2. The van der Waals surface area contributed by atoms with Crippen molar-refractivity contribution in [2.45, 2.75) is 13.8 Å². The van der Waals surface area contributed by atoms with Gasteiger partial charge in [-0.25, -0.2) is 0 Å². The van der Waals surface area contributed by atoms with Gasteiger partial charge in [0.1, 0.15) is 6.54 Å². The molecule has 0 aliphatic rings. The predicted octanol–water partition coefficient (Wildman–Crippen LogP) is 3.95. The SMILES string of the molecule is CCOc1ccc(C(=O)NCC(=O)OCC(=O)c2ccc(Cl)c(Cl)c2)cc1OCC. The molecule has 0 spiro atoms. The molecule has 0 unspecified atom stereocenters. The monoisotopic (exact) mass is 453 g/mol. The van der Waals surface area contributed by atoms with Crippen LogP contribution in [0.1, 0.15) is 34.6 Å². The van der Waals surface area contributed by atoms with Crippen LogP contribution in [0.3, 0.4) is 0 Å². The van der Waals surface area contributed by atoms with E-state index in [1.165, 1.54) is 24.3 Å². The van der Waals surface area contributed by atoms with E-state index in [4.69, 9.17) is 37.4 Å². The van der Waals surface area contributed by atoms with Crippen molar-refractivity contribution < 1.29 is 28.6 Å². The van der Waals surface area contributed by atoms with E-state index in [-0.39, 0.29) is 10.6 Å². The molecule has 0 aromatic heterocycles. The number of rotatable bonds is 10. The van der Waals surface area contributed by atoms with E-state index in [1.807, 2.05) is 13.8 Å². The topological polar surface area (TPSA) is 90.9 Å². The average molecular weight is 454 g/mol. The van der Waals surface area contributed by atoms with Gasteiger partial charge in [0.2, 0.25) is 0 Å². The van der Waals surface area contributed by atoms with Crippen molar-refractivity contribution in [2.75, 3.05) is 26.4 Å². The molecule has 9 heteroatoms. The predicted molar refractivity (Wildman–Crippen MR) is 113 cm³/mol. The van der Waals surface area contributed by atoms with Crippen LogP contribution in [0.25, 0.3) is 0 Å². The van der Waals surface area contributed by atoms with E-state index in [2.05, 4.69) is 5.32 Å². The van der Waals surface area contributed by atoms with E-state index in [1.54, 1.807) is 12.1 Å². The van der Waals surface area contributed by atoms with Crippen LogP contribution in [0.5, 0.6) is 11.5 Å². The lowest BCUT2D eigenvalue weighted by atomic mass is 10.1. The van der Waals surface area contributed by atoms with Gasteiger partial charge in [-0.1, -0.05) is 23.2 Å². The van der Waals surface area contributed by atoms with Gasteiger partial charge in [-0.2, -0.15) is 0 Å². The number of amides is 1. The van der Waals surface area contributed by atoms with Gasteiger partial charge in [0, 0.05) is 11.1 Å². The molecule has 160 valence electrons. The van der Waals surface area contributed by atoms with E-state index >= 15 is 0 Å². The quantitative estimate of drug-likeness (QED) is 0.432. The first-order chi connectivity index (χ1) is 14.3. The van der Waals surface area contributed by atoms with Gasteiger partial charge >= 0.3 is 5.97 Å². The molecule has 1 N–H and O–H groups in total. The molecule has 30 heavy (non-hydrogen) atoms. The van der Waals surface area contributed by atoms with Gasteiger partial charge in [0.25, 0.3) is 5.91 Å². The van der Waals surface area contributed by atoms with Crippen LogP contribution in [0.4, 0.5) is 0 Å². The smallest absolute Gasteiger partial charge is 0.325 e. The average Bonchev–Trinajstić information content (AvgIpc) is 2.73. The number of ketones is 1. The van der Waals surface area contributed by atoms with Crippen LogP contribution in [-0.4, -0.2) is 44.0 Å². The number of nitrogens with one attached hydrogen (secondary N) is 1. The Morgan fingerprint density at radius 1 is 0.867 bits per heavy atom. The molecule has 1 amide bonds. The highest BCUT2D eigenvalue weighted by molar-refractivity contribution is 6.42. The maximum atomic E-state index is 12.3. The summed E-state index contributed by atoms with van der Waals surface area (Å²) in [6.45, 7) is 3.64. The highest BCUT2D eigenvalue weighted by atomic mass is 35.5. The molecule has 2 aromatic carbocycles. The molecule has 0 saturated carbocycles. The Bertz CT molecular complexity index is 932. The molecular formula is C21H21Cl2NO6. The van der Waals surface area contributed by atoms with Gasteiger partial charge in [-0.3, -0.25) is 14.4 Å². The van der Waals surface area contributed by atoms with E-state index in [9.17, 15) is 14.4 Å². The van der Waals surface area contributed by atoms with Crippen molar-refractivity contribution in [3.63, 3.8) is 0 Å². The number of benzene rings is 2. The lowest BCUT2D eigenvalue weighted by molar-refractivity contribution is -0.141. The van der Waals surface area contributed by atoms with E-state index in [0.29, 0.717) is 35.3 Å². The maximum Gasteiger partial charge on any atom is 0.325 e. The molecule has 2 aromatic rings. The highest BCUT2D eigenvalue weighted by Gasteiger charge is 2.15. The molecule has 0 aliphatic carbocycles. The summed E-state index contributed by atoms with van der Waals surface area (Å²) in [5.74, 6) is -0.737. The summed E-state index contributed by atoms with van der Waals surface area (Å²) in [5, 5.41) is 2.98. The zero-order valence-corrected chi connectivity index (χ0v) is 18.0. The summed E-state index contributed by atoms with van der Waals surface area (Å²) in [7, 11) is 0. The van der Waals surface area contributed by atoms with Gasteiger partial charge in [-0.15, -0.1) is 0 Å². The number of halogens is 2. The molecule has 0 radical (unpaired) electrons. The molecule has 0 fully saturated rings. The van der Waals surface area contributed by atoms with Crippen molar-refractivity contribution in [3.8, 4) is 11.5 Å². The minimum atomic E-state index is -0.757. The number of carbonyl (C=O) groups excluding carboxylic acids is 3. The number of hydrogen-bond acceptors (Lipinski definition) is 6. The summed E-state index contributed by atoms with van der Waals surface area (Å²) >= 11 is 11.7. The molecule has 0 saturated heterocycles. The van der Waals surface area contributed by atoms with Gasteiger partial charge in [0.05, 0.1) is 23.3 Å². The second-order valence-corrected chi connectivity index (χ2v) is 6.74. The second kappa shape index (κ2) is 11.4. The Hall–Kier alpha value is -2.77. The van der Waals surface area contributed by atoms with Crippen molar-refractivity contribution in [3.05, 3.63) is 57.6 Å². The minimum absolute atomic E-state index is 0.225. The largest absolute Gasteiger partial charge is 0.490 e. The van der Waals surface area contributed by atoms with Gasteiger partial charge < -0.3 is 19.5 Å². The Kier molecular flexibility index (Phi) is 8.95. The summed E-state index contributed by atoms with van der Waals surface area (Å²) < 4.78 is 15.8. The van der Waals surface area contributed by atoms with Gasteiger partial charge in [0.15, 0.2) is 23.9 Å². The molecule has 0 heterocycles. The van der Waals surface area contributed by atoms with Crippen molar-refractivity contribution >= 4 is 40.9 Å². The third kappa shape index (κ3) is 6.64. The molecule has 2 rings (SSSR count). The first-order valence-electron chi connectivity index (χ1n) is 9.17. The van der Waals surface area contributed by atoms with Crippen molar-refractivity contribution in [1.82, 2.24) is 5.32 Å². The first-order valence-corrected chi connectivity index (χ1v) is 9.93. The van der Waals surface area contributed by atoms with Crippen LogP contribution in [0, 0.1) is 0 Å². The Morgan fingerprint density at radius 2 is 1.53 bits per heavy atom. The molecular weight excluding hydrogens is 433 g/mol. The summed E-state index contributed by atoms with van der Waals surface area (Å²) in [6, 6.07) is 9.06. The number of ether oxygens (including phenoxy) is 3. The standard InChI is InChI=1S/C21H21Cl2NO6/c1-3-28-18-8-6-14(10-19(18)29-4-2)21(27)24-11-20(26)30-12-17(25)13-5-7-15(22)16(23)9-13/h5-10H,3-4,11-12H2,1-2H3,(H,24,27). The van der Waals surface area contributed by atoms with Crippen LogP contribution in [-0.2, 0) is 9.53 Å². The zero-order chi connectivity index (χ0) is 22.1. The van der Waals surface area contributed by atoms with Crippen LogP contribution < -0.4 is 14.8 Å². The van der Waals surface area contributed by atoms with Crippen LogP contribution in [0.2, 0.25) is 10.0 Å². The minimum Gasteiger partial charge on any atom is -0.490 e. The maximum absolute atomic E-state index is 12.3. The lowest BCUT2D eigenvalue weighted by Crippen LogP contribution is -2.31. The molecule has 0 atom stereocenters. The van der Waals surface area contributed by atoms with E-state index < -0.39 is 30.8 Å². The highest BCUT2D eigenvalue weighted by Crippen LogP contribution is 2.28. The number of esters is 1. The number of hydrogen-bond donors (Lipinski definition) is 1. The third-order valence-corrected chi connectivity index (χ3v) is 4.54. The fourth-order valence-electron chi connectivity index (χ4n) is 2.40. The fraction of sp³-hybridized carbons (Fsp3) is 0.286. The summed E-state index contributed by atoms with van der Waals surface area (Å²) in [5.41, 5.74) is 0.556. The van der Waals surface area contributed by atoms with Gasteiger partial charge in [-0.05, 0) is 50.2 Å². The Balaban J connectivity index is 1.88. The van der Waals surface area contributed by atoms with Crippen LogP contribution >= 0.6 is 23.2 Å². The van der Waals surface area contributed by atoms with Crippen LogP contribution in [0.15, 0.2) is 36.4 Å². The summed E-state index contributed by atoms with van der Waals surface area (Å²) in [6.07, 6.45) is 0. The third-order valence-electron chi connectivity index (χ3n) is 3.80. The lowest BCUT2D eigenvalue weighted by Gasteiger charge is -2.12. The number of carbonyl (C=O) groups is 3. The zero-order valence-electron chi connectivity index (χ0n) is 16.5. The Labute approximate surface area is 184 Å². The first kappa shape index (κ1) is 23.5. The Morgan fingerprint density at radius 3 is 2.20 bits per heavy atom. The van der Waals surface area contributed by atoms with Crippen molar-refractivity contribution in [2.24, 2.45) is 0 Å².